The number of hydrogen-bond acceptors (Lipinski definition) is 9. The quantitative estimate of drug-likeness (QED) is 0.188. The number of methoxy groups -OCH3 is 1. The highest BCUT2D eigenvalue weighted by Gasteiger charge is 2.36. The van der Waals surface area contributed by atoms with Crippen LogP contribution in [0.1, 0.15) is 18.1 Å². The van der Waals surface area contributed by atoms with Gasteiger partial charge in [-0.15, -0.1) is 0 Å². The first-order chi connectivity index (χ1) is 19.3. The maximum absolute atomic E-state index is 12.9. The highest BCUT2D eigenvalue weighted by Crippen LogP contribution is 2.35. The molecule has 1 aliphatic heterocycles. The molecule has 11 nitrogen and oxygen atoms in total. The Morgan fingerprint density at radius 2 is 1.80 bits per heavy atom. The van der Waals surface area contributed by atoms with Crippen molar-refractivity contribution in [1.29, 1.82) is 0 Å². The van der Waals surface area contributed by atoms with Crippen molar-refractivity contribution in [3.8, 4) is 17.2 Å². The van der Waals surface area contributed by atoms with Gasteiger partial charge in [-0.05, 0) is 72.8 Å². The highest BCUT2D eigenvalue weighted by molar-refractivity contribution is 8.18. The number of benzene rings is 3. The lowest BCUT2D eigenvalue weighted by molar-refractivity contribution is -0.385. The van der Waals surface area contributed by atoms with Crippen molar-refractivity contribution in [3.05, 3.63) is 92.9 Å². The van der Waals surface area contributed by atoms with E-state index in [1.165, 1.54) is 19.3 Å². The number of nitro benzene ring substituents is 1. The summed E-state index contributed by atoms with van der Waals surface area (Å²) in [5.41, 5.74) is 1.42. The standard InChI is InChI=1S/C28H25N3O8S/c1-3-38-24-14-18(8-13-23(24)39-17-19-6-4-5-7-22(19)31(35)36)15-25-27(33)30(28(34)40-25)16-26(32)29-20-9-11-21(37-2)12-10-20/h4-15H,3,16-17H2,1-2H3,(H,29,32)/b25-15+. The zero-order valence-electron chi connectivity index (χ0n) is 21.6. The zero-order valence-corrected chi connectivity index (χ0v) is 22.4. The third kappa shape index (κ3) is 6.77. The number of thioether (sulfide) groups is 1. The molecule has 3 amide bonds. The number of anilines is 1. The minimum Gasteiger partial charge on any atom is -0.497 e. The lowest BCUT2D eigenvalue weighted by Crippen LogP contribution is -2.36. The number of nitrogens with one attached hydrogen (secondary N) is 1. The second kappa shape index (κ2) is 12.8. The molecule has 0 radical (unpaired) electrons. The van der Waals surface area contributed by atoms with Crippen molar-refractivity contribution in [1.82, 2.24) is 4.90 Å². The van der Waals surface area contributed by atoms with Crippen LogP contribution in [0.3, 0.4) is 0 Å². The van der Waals surface area contributed by atoms with E-state index in [2.05, 4.69) is 5.32 Å². The Morgan fingerprint density at radius 3 is 2.50 bits per heavy atom. The molecule has 12 heteroatoms. The third-order valence-electron chi connectivity index (χ3n) is 5.69. The van der Waals surface area contributed by atoms with E-state index in [0.717, 1.165) is 16.7 Å². The topological polar surface area (TPSA) is 137 Å². The Morgan fingerprint density at radius 1 is 1.05 bits per heavy atom. The van der Waals surface area contributed by atoms with Gasteiger partial charge in [0.25, 0.3) is 16.8 Å². The number of rotatable bonds is 11. The predicted octanol–water partition coefficient (Wildman–Crippen LogP) is 5.26. The van der Waals surface area contributed by atoms with Crippen molar-refractivity contribution in [3.63, 3.8) is 0 Å². The second-order valence-electron chi connectivity index (χ2n) is 8.36. The minimum absolute atomic E-state index is 0.0476. The molecule has 1 aliphatic rings. The van der Waals surface area contributed by atoms with Crippen LogP contribution in [0.2, 0.25) is 0 Å². The number of carbonyl (C=O) groups excluding carboxylic acids is 3. The molecule has 0 bridgehead atoms. The summed E-state index contributed by atoms with van der Waals surface area (Å²) < 4.78 is 16.6. The van der Waals surface area contributed by atoms with E-state index in [-0.39, 0.29) is 17.2 Å². The van der Waals surface area contributed by atoms with E-state index >= 15 is 0 Å². The van der Waals surface area contributed by atoms with Gasteiger partial charge < -0.3 is 19.5 Å². The normalized spacial score (nSPS) is 13.8. The molecule has 40 heavy (non-hydrogen) atoms. The fourth-order valence-corrected chi connectivity index (χ4v) is 4.61. The number of ether oxygens (including phenoxy) is 3. The van der Waals surface area contributed by atoms with Crippen LogP contribution in [0.15, 0.2) is 71.6 Å². The smallest absolute Gasteiger partial charge is 0.294 e. The van der Waals surface area contributed by atoms with Crippen molar-refractivity contribution >= 4 is 46.3 Å². The largest absolute Gasteiger partial charge is 0.497 e. The maximum atomic E-state index is 12.9. The molecule has 0 aliphatic carbocycles. The molecule has 206 valence electrons. The Balaban J connectivity index is 1.45. The van der Waals surface area contributed by atoms with E-state index in [0.29, 0.717) is 40.7 Å². The van der Waals surface area contributed by atoms with Crippen molar-refractivity contribution in [2.24, 2.45) is 0 Å². The lowest BCUT2D eigenvalue weighted by atomic mass is 10.1. The number of nitro groups is 1. The molecular weight excluding hydrogens is 538 g/mol. The van der Waals surface area contributed by atoms with Gasteiger partial charge in [0.2, 0.25) is 5.91 Å². The van der Waals surface area contributed by atoms with Crippen LogP contribution in [0.5, 0.6) is 17.2 Å². The monoisotopic (exact) mass is 563 g/mol. The second-order valence-corrected chi connectivity index (χ2v) is 9.35. The van der Waals surface area contributed by atoms with Crippen LogP contribution in [0.25, 0.3) is 6.08 Å². The summed E-state index contributed by atoms with van der Waals surface area (Å²) in [4.78, 5) is 49.7. The summed E-state index contributed by atoms with van der Waals surface area (Å²) in [5, 5.41) is 13.4. The maximum Gasteiger partial charge on any atom is 0.294 e. The first-order valence-corrected chi connectivity index (χ1v) is 12.9. The SMILES string of the molecule is CCOc1cc(/C=C2/SC(=O)N(CC(=O)Nc3ccc(OC)cc3)C2=O)ccc1OCc1ccccc1[N+](=O)[O-]. The molecular formula is C28H25N3O8S. The molecule has 0 unspecified atom stereocenters. The van der Waals surface area contributed by atoms with Crippen molar-refractivity contribution < 1.29 is 33.5 Å². The molecule has 1 fully saturated rings. The molecule has 1 heterocycles. The molecule has 0 spiro atoms. The molecule has 3 aromatic rings. The summed E-state index contributed by atoms with van der Waals surface area (Å²) in [6, 6.07) is 17.9. The number of amides is 3. The molecule has 0 atom stereocenters. The van der Waals surface area contributed by atoms with Gasteiger partial charge in [-0.3, -0.25) is 29.4 Å². The van der Waals surface area contributed by atoms with Crippen LogP contribution in [0, 0.1) is 10.1 Å². The minimum atomic E-state index is -0.588. The summed E-state index contributed by atoms with van der Waals surface area (Å²) in [6.07, 6.45) is 1.53. The fourth-order valence-electron chi connectivity index (χ4n) is 3.77. The van der Waals surface area contributed by atoms with Gasteiger partial charge in [0.1, 0.15) is 18.9 Å². The van der Waals surface area contributed by atoms with E-state index in [1.54, 1.807) is 67.6 Å². The first kappa shape index (κ1) is 28.2. The van der Waals surface area contributed by atoms with Crippen LogP contribution < -0.4 is 19.5 Å². The van der Waals surface area contributed by atoms with Gasteiger partial charge in [0.15, 0.2) is 11.5 Å². The number of carbonyl (C=O) groups is 3. The van der Waals surface area contributed by atoms with E-state index in [4.69, 9.17) is 14.2 Å². The van der Waals surface area contributed by atoms with Gasteiger partial charge in [-0.2, -0.15) is 0 Å². The molecule has 1 N–H and O–H groups in total. The summed E-state index contributed by atoms with van der Waals surface area (Å²) in [6.45, 7) is 1.64. The van der Waals surface area contributed by atoms with Crippen LogP contribution in [-0.2, 0) is 16.2 Å². The third-order valence-corrected chi connectivity index (χ3v) is 6.59. The predicted molar refractivity (Wildman–Crippen MR) is 149 cm³/mol. The number of para-hydroxylation sites is 1. The molecule has 1 saturated heterocycles. The molecule has 0 aromatic heterocycles. The van der Waals surface area contributed by atoms with Gasteiger partial charge in [-0.1, -0.05) is 18.2 Å². The fraction of sp³-hybridized carbons (Fsp3) is 0.179. The summed E-state index contributed by atoms with van der Waals surface area (Å²) in [5.74, 6) is 0.247. The Bertz CT molecular complexity index is 1470. The van der Waals surface area contributed by atoms with E-state index in [9.17, 15) is 24.5 Å². The van der Waals surface area contributed by atoms with Gasteiger partial charge in [0, 0.05) is 11.8 Å². The average Bonchev–Trinajstić information content (AvgIpc) is 3.20. The molecule has 4 rings (SSSR count). The van der Waals surface area contributed by atoms with Crippen LogP contribution in [-0.4, -0.2) is 47.1 Å². The van der Waals surface area contributed by atoms with E-state index < -0.39 is 28.5 Å². The average molecular weight is 564 g/mol. The van der Waals surface area contributed by atoms with Gasteiger partial charge in [-0.25, -0.2) is 0 Å². The zero-order chi connectivity index (χ0) is 28.6. The highest BCUT2D eigenvalue weighted by atomic mass is 32.2. The number of hydrogen-bond donors (Lipinski definition) is 1. The van der Waals surface area contributed by atoms with E-state index in [1.807, 2.05) is 0 Å². The summed E-state index contributed by atoms with van der Waals surface area (Å²) in [7, 11) is 1.53. The van der Waals surface area contributed by atoms with Crippen molar-refractivity contribution in [2.75, 3.05) is 25.6 Å². The molecule has 0 saturated carbocycles. The van der Waals surface area contributed by atoms with Crippen molar-refractivity contribution in [2.45, 2.75) is 13.5 Å². The van der Waals surface area contributed by atoms with Gasteiger partial charge >= 0.3 is 0 Å². The first-order valence-electron chi connectivity index (χ1n) is 12.1. The summed E-state index contributed by atoms with van der Waals surface area (Å²) >= 11 is 0.731. The van der Waals surface area contributed by atoms with Gasteiger partial charge in [0.05, 0.1) is 29.1 Å². The van der Waals surface area contributed by atoms with Crippen LogP contribution in [0.4, 0.5) is 16.2 Å². The Kier molecular flexibility index (Phi) is 9.02. The Hall–Kier alpha value is -4.84. The lowest BCUT2D eigenvalue weighted by Gasteiger charge is -2.13. The number of nitrogens with zero attached hydrogens (tertiary/aromatic N) is 2. The van der Waals surface area contributed by atoms with Crippen LogP contribution >= 0.6 is 11.8 Å². The Labute approximate surface area is 233 Å². The molecule has 3 aromatic carbocycles. The number of imide groups is 1.